The number of aliphatic hydroxyl groups is 1. The number of nitrogens with zero attached hydrogens (tertiary/aromatic N) is 4. The lowest BCUT2D eigenvalue weighted by atomic mass is 10.1. The van der Waals surface area contributed by atoms with Crippen molar-refractivity contribution in [2.24, 2.45) is 0 Å². The Hall–Kier alpha value is -2.19. The van der Waals surface area contributed by atoms with Gasteiger partial charge in [0.15, 0.2) is 11.6 Å². The minimum absolute atomic E-state index is 0.0837. The second-order valence-corrected chi connectivity index (χ2v) is 9.29. The molecule has 3 atom stereocenters. The van der Waals surface area contributed by atoms with Crippen molar-refractivity contribution in [2.75, 3.05) is 13.1 Å². The third-order valence-electron chi connectivity index (χ3n) is 6.34. The van der Waals surface area contributed by atoms with Gasteiger partial charge in [0.1, 0.15) is 17.8 Å². The number of hydrogen-bond donors (Lipinski definition) is 1. The largest absolute Gasteiger partial charge is 0.481 e. The molecule has 2 aliphatic rings. The van der Waals surface area contributed by atoms with E-state index in [4.69, 9.17) is 27.9 Å². The number of hydrogen-bond acceptors (Lipinski definition) is 5. The summed E-state index contributed by atoms with van der Waals surface area (Å²) >= 11 is 12.8. The van der Waals surface area contributed by atoms with Gasteiger partial charge in [-0.2, -0.15) is 0 Å². The molecule has 5 rings (SSSR count). The van der Waals surface area contributed by atoms with Gasteiger partial charge < -0.3 is 9.84 Å². The first kappa shape index (κ1) is 21.6. The number of halogens is 3. The summed E-state index contributed by atoms with van der Waals surface area (Å²) in [6.07, 6.45) is 0.496. The molecule has 32 heavy (non-hydrogen) atoms. The molecule has 0 unspecified atom stereocenters. The highest BCUT2D eigenvalue weighted by Crippen LogP contribution is 2.44. The first-order valence-electron chi connectivity index (χ1n) is 10.6. The second-order valence-electron chi connectivity index (χ2n) is 8.45. The normalized spacial score (nSPS) is 23.0. The SMILES string of the molecule is Cc1nnc(C)n1-c1ccc(F)c(O[C@H]2c3cc(Cl)cc(Cl)c3C[C@@H]2N2CC[C@@H](O)C2)c1. The van der Waals surface area contributed by atoms with Crippen molar-refractivity contribution in [2.45, 2.75) is 44.9 Å². The van der Waals surface area contributed by atoms with Crippen molar-refractivity contribution in [3.63, 3.8) is 0 Å². The van der Waals surface area contributed by atoms with E-state index >= 15 is 0 Å². The van der Waals surface area contributed by atoms with E-state index in [-0.39, 0.29) is 17.9 Å². The van der Waals surface area contributed by atoms with Crippen LogP contribution >= 0.6 is 23.2 Å². The zero-order valence-electron chi connectivity index (χ0n) is 17.7. The molecule has 1 saturated heterocycles. The number of rotatable bonds is 4. The summed E-state index contributed by atoms with van der Waals surface area (Å²) in [5, 5.41) is 19.3. The average Bonchev–Trinajstić information content (AvgIpc) is 3.42. The Morgan fingerprint density at radius 1 is 1.12 bits per heavy atom. The summed E-state index contributed by atoms with van der Waals surface area (Å²) in [7, 11) is 0. The molecule has 6 nitrogen and oxygen atoms in total. The van der Waals surface area contributed by atoms with E-state index in [1.165, 1.54) is 6.07 Å². The van der Waals surface area contributed by atoms with Crippen molar-refractivity contribution >= 4 is 23.2 Å². The lowest BCUT2D eigenvalue weighted by Crippen LogP contribution is -2.39. The Kier molecular flexibility index (Phi) is 5.61. The summed E-state index contributed by atoms with van der Waals surface area (Å²) in [4.78, 5) is 2.19. The molecule has 2 aromatic carbocycles. The number of likely N-dealkylation sites (tertiary alicyclic amines) is 1. The van der Waals surface area contributed by atoms with Gasteiger partial charge >= 0.3 is 0 Å². The zero-order chi connectivity index (χ0) is 22.6. The molecule has 1 aliphatic carbocycles. The highest BCUT2D eigenvalue weighted by atomic mass is 35.5. The Morgan fingerprint density at radius 2 is 1.88 bits per heavy atom. The van der Waals surface area contributed by atoms with Crippen LogP contribution in [0, 0.1) is 19.7 Å². The topological polar surface area (TPSA) is 63.4 Å². The van der Waals surface area contributed by atoms with Gasteiger partial charge in [0.2, 0.25) is 0 Å². The van der Waals surface area contributed by atoms with E-state index in [1.54, 1.807) is 18.2 Å². The fraction of sp³-hybridized carbons (Fsp3) is 0.391. The van der Waals surface area contributed by atoms with Crippen LogP contribution in [0.5, 0.6) is 5.75 Å². The van der Waals surface area contributed by atoms with Crippen LogP contribution in [0.2, 0.25) is 10.0 Å². The number of benzene rings is 2. The molecule has 0 amide bonds. The summed E-state index contributed by atoms with van der Waals surface area (Å²) in [6.45, 7) is 4.98. The van der Waals surface area contributed by atoms with Gasteiger partial charge in [0.25, 0.3) is 0 Å². The third-order valence-corrected chi connectivity index (χ3v) is 6.90. The van der Waals surface area contributed by atoms with Crippen LogP contribution < -0.4 is 4.74 Å². The molecule has 9 heteroatoms. The standard InChI is InChI=1S/C23H23Cl2FN4O2/c1-12-27-28-13(2)30(12)15-3-4-20(26)22(9-15)32-23-18-7-14(24)8-19(25)17(18)10-21(23)29-6-5-16(31)11-29/h3-4,7-9,16,21,23,31H,5-6,10-11H2,1-2H3/t16-,21+,23+/m1/s1. The monoisotopic (exact) mass is 476 g/mol. The Morgan fingerprint density at radius 3 is 2.56 bits per heavy atom. The van der Waals surface area contributed by atoms with Crippen LogP contribution in [0.3, 0.4) is 0 Å². The average molecular weight is 477 g/mol. The fourth-order valence-corrected chi connectivity index (χ4v) is 5.43. The van der Waals surface area contributed by atoms with Gasteiger partial charge in [-0.05, 0) is 56.5 Å². The van der Waals surface area contributed by atoms with Crippen LogP contribution in [0.1, 0.15) is 35.3 Å². The van der Waals surface area contributed by atoms with Crippen molar-refractivity contribution in [3.05, 3.63) is 69.0 Å². The lowest BCUT2D eigenvalue weighted by molar-refractivity contribution is 0.0790. The number of aliphatic hydroxyl groups excluding tert-OH is 1. The molecule has 3 aromatic rings. The fourth-order valence-electron chi connectivity index (χ4n) is 4.85. The zero-order valence-corrected chi connectivity index (χ0v) is 19.2. The molecule has 0 spiro atoms. The first-order valence-corrected chi connectivity index (χ1v) is 11.3. The van der Waals surface area contributed by atoms with E-state index in [0.29, 0.717) is 41.1 Å². The summed E-state index contributed by atoms with van der Waals surface area (Å²) in [5.74, 6) is 1.08. The number of fused-ring (bicyclic) bond motifs is 1. The van der Waals surface area contributed by atoms with Gasteiger partial charge in [0.05, 0.1) is 17.8 Å². The molecule has 1 N–H and O–H groups in total. The van der Waals surface area contributed by atoms with Gasteiger partial charge in [0, 0.05) is 34.8 Å². The third kappa shape index (κ3) is 3.77. The molecule has 0 radical (unpaired) electrons. The summed E-state index contributed by atoms with van der Waals surface area (Å²) < 4.78 is 23.1. The van der Waals surface area contributed by atoms with Gasteiger partial charge in [-0.3, -0.25) is 9.47 Å². The maximum atomic E-state index is 14.9. The van der Waals surface area contributed by atoms with E-state index < -0.39 is 11.9 Å². The van der Waals surface area contributed by atoms with Crippen molar-refractivity contribution < 1.29 is 14.2 Å². The summed E-state index contributed by atoms with van der Waals surface area (Å²) in [5.41, 5.74) is 2.53. The highest BCUT2D eigenvalue weighted by Gasteiger charge is 2.42. The van der Waals surface area contributed by atoms with Crippen LogP contribution in [-0.2, 0) is 6.42 Å². The molecule has 2 heterocycles. The minimum atomic E-state index is -0.473. The highest BCUT2D eigenvalue weighted by molar-refractivity contribution is 6.35. The molecular formula is C23H23Cl2FN4O2. The molecule has 0 bridgehead atoms. The van der Waals surface area contributed by atoms with Crippen molar-refractivity contribution in [3.8, 4) is 11.4 Å². The van der Waals surface area contributed by atoms with E-state index in [1.807, 2.05) is 24.5 Å². The number of ether oxygens (including phenoxy) is 1. The molecular weight excluding hydrogens is 454 g/mol. The maximum Gasteiger partial charge on any atom is 0.165 e. The molecule has 0 saturated carbocycles. The summed E-state index contributed by atoms with van der Waals surface area (Å²) in [6, 6.07) is 8.21. The van der Waals surface area contributed by atoms with Gasteiger partial charge in [-0.1, -0.05) is 23.2 Å². The Labute approximate surface area is 195 Å². The van der Waals surface area contributed by atoms with E-state index in [9.17, 15) is 9.50 Å². The van der Waals surface area contributed by atoms with E-state index in [2.05, 4.69) is 15.1 Å². The Bertz CT molecular complexity index is 1170. The van der Waals surface area contributed by atoms with Gasteiger partial charge in [-0.25, -0.2) is 4.39 Å². The number of aryl methyl sites for hydroxylation is 2. The van der Waals surface area contributed by atoms with Crippen LogP contribution in [0.25, 0.3) is 5.69 Å². The van der Waals surface area contributed by atoms with Crippen LogP contribution in [-0.4, -0.2) is 50.0 Å². The smallest absolute Gasteiger partial charge is 0.165 e. The number of aromatic nitrogens is 3. The lowest BCUT2D eigenvalue weighted by Gasteiger charge is -2.30. The molecule has 1 aliphatic heterocycles. The molecule has 1 aromatic heterocycles. The van der Waals surface area contributed by atoms with Gasteiger partial charge in [-0.15, -0.1) is 10.2 Å². The van der Waals surface area contributed by atoms with Crippen LogP contribution in [0.4, 0.5) is 4.39 Å². The minimum Gasteiger partial charge on any atom is -0.481 e. The number of β-amino-alcohol motifs (C(OH)–C–C–N with tert-alkyl or cyclic N) is 1. The van der Waals surface area contributed by atoms with E-state index in [0.717, 1.165) is 23.4 Å². The quantitative estimate of drug-likeness (QED) is 0.602. The predicted molar refractivity (Wildman–Crippen MR) is 120 cm³/mol. The van der Waals surface area contributed by atoms with Crippen LogP contribution in [0.15, 0.2) is 30.3 Å². The second kappa shape index (κ2) is 8.30. The first-order chi connectivity index (χ1) is 15.3. The predicted octanol–water partition coefficient (Wildman–Crippen LogP) is 4.44. The van der Waals surface area contributed by atoms with Crippen molar-refractivity contribution in [1.82, 2.24) is 19.7 Å². The maximum absolute atomic E-state index is 14.9. The van der Waals surface area contributed by atoms with Crippen molar-refractivity contribution in [1.29, 1.82) is 0 Å². The molecule has 168 valence electrons. The molecule has 1 fully saturated rings. The Balaban J connectivity index is 1.55.